The fourth-order valence-corrected chi connectivity index (χ4v) is 16.9. The van der Waals surface area contributed by atoms with Crippen molar-refractivity contribution in [1.29, 1.82) is 0 Å². The molecule has 4 aliphatic rings. The fraction of sp³-hybridized carbons (Fsp3) is 0.516. The smallest absolute Gasteiger partial charge is 0.261 e. The summed E-state index contributed by atoms with van der Waals surface area (Å²) in [6.45, 7) is 19.0. The SMILES string of the molecule is C[C@@H]1C[C@@H]2O[C@@H]3[C@@H](C)[C@H](OCc4ccccc4)[C@@H]4O[C@H](CCCO[Si](c5ccccc5)(c5ccccc5)C(C)(C)C)[C@@H](C)[C@H](C)[C@H]4O[C@H]3C[C@H]2O[C@@H](COCc2ccccc2)[C@H](OCc2ccccc2)C1. The summed E-state index contributed by atoms with van der Waals surface area (Å²) in [6, 6.07) is 53.2. The molecule has 9 heteroatoms. The molecular formula is C62H80O8Si. The second kappa shape index (κ2) is 23.9. The van der Waals surface area contributed by atoms with Gasteiger partial charge in [0.1, 0.15) is 12.2 Å². The minimum Gasteiger partial charge on any atom is -0.407 e. The van der Waals surface area contributed by atoms with E-state index in [9.17, 15) is 0 Å². The molecule has 9 rings (SSSR count). The van der Waals surface area contributed by atoms with Gasteiger partial charge in [-0.3, -0.25) is 0 Å². The van der Waals surface area contributed by atoms with Crippen LogP contribution in [-0.4, -0.2) is 82.6 Å². The summed E-state index contributed by atoms with van der Waals surface area (Å²) in [5, 5.41) is 2.52. The first-order chi connectivity index (χ1) is 34.5. The van der Waals surface area contributed by atoms with Gasteiger partial charge >= 0.3 is 0 Å². The summed E-state index contributed by atoms with van der Waals surface area (Å²) < 4.78 is 57.3. The van der Waals surface area contributed by atoms with Crippen LogP contribution < -0.4 is 10.4 Å². The van der Waals surface area contributed by atoms with Crippen LogP contribution in [0.3, 0.4) is 0 Å². The molecule has 0 saturated carbocycles. The van der Waals surface area contributed by atoms with Crippen LogP contribution in [0.2, 0.25) is 5.04 Å². The summed E-state index contributed by atoms with van der Waals surface area (Å²) in [6.07, 6.45) is 2.36. The first-order valence-electron chi connectivity index (χ1n) is 26.8. The molecule has 0 radical (unpaired) electrons. The van der Waals surface area contributed by atoms with Gasteiger partial charge in [-0.25, -0.2) is 0 Å². The molecule has 0 amide bonds. The van der Waals surface area contributed by atoms with E-state index in [1.165, 1.54) is 10.4 Å². The zero-order valence-electron chi connectivity index (χ0n) is 43.4. The average Bonchev–Trinajstić information content (AvgIpc) is 3.49. The molecule has 5 aromatic carbocycles. The van der Waals surface area contributed by atoms with Crippen molar-refractivity contribution < 1.29 is 37.6 Å². The van der Waals surface area contributed by atoms with Crippen molar-refractivity contribution >= 4 is 18.7 Å². The molecule has 5 aromatic rings. The summed E-state index contributed by atoms with van der Waals surface area (Å²) in [5.41, 5.74) is 3.43. The molecule has 0 spiro atoms. The van der Waals surface area contributed by atoms with E-state index in [1.807, 2.05) is 12.1 Å². The Morgan fingerprint density at radius 1 is 0.493 bits per heavy atom. The number of fused-ring (bicyclic) bond motifs is 3. The van der Waals surface area contributed by atoms with Crippen molar-refractivity contribution in [2.75, 3.05) is 13.2 Å². The average molecular weight is 981 g/mol. The minimum absolute atomic E-state index is 0.00731. The molecule has 0 aromatic heterocycles. The van der Waals surface area contributed by atoms with Crippen LogP contribution in [-0.2, 0) is 57.4 Å². The lowest BCUT2D eigenvalue weighted by atomic mass is 9.77. The van der Waals surface area contributed by atoms with E-state index in [0.29, 0.717) is 45.4 Å². The molecule has 14 atom stereocenters. The van der Waals surface area contributed by atoms with E-state index in [2.05, 4.69) is 188 Å². The van der Waals surface area contributed by atoms with Gasteiger partial charge in [0.05, 0.1) is 75.3 Å². The Bertz CT molecular complexity index is 2290. The highest BCUT2D eigenvalue weighted by Gasteiger charge is 2.56. The highest BCUT2D eigenvalue weighted by molar-refractivity contribution is 6.99. The third kappa shape index (κ3) is 12.2. The van der Waals surface area contributed by atoms with Gasteiger partial charge in [-0.15, -0.1) is 0 Å². The standard InChI is InChI=1S/C62H80O8Si/c1-43-36-53(64-40-48-26-15-9-16-27-48)57(42-63-39-47-24-13-8-14-25-47)67-55-38-56-58(69-54(55)37-43)46(4)59(65-41-49-28-17-10-18-29-49)61-60(70-56)45(3)44(2)52(68-61)34-23-35-66-71(62(5,6)7,50-30-19-11-20-31-50)51-32-21-12-22-33-51/h8-22,24-33,43-46,52-61H,23,34-42H2,1-7H3/t43-,44-,45-,46+,52+,53+,54-,55+,56-,57-,58+,59-,60+,61-/m0/s1. The molecule has 0 unspecified atom stereocenters. The van der Waals surface area contributed by atoms with Gasteiger partial charge in [0, 0.05) is 18.9 Å². The lowest BCUT2D eigenvalue weighted by Crippen LogP contribution is -2.66. The summed E-state index contributed by atoms with van der Waals surface area (Å²) in [4.78, 5) is 0. The van der Waals surface area contributed by atoms with Crippen molar-refractivity contribution in [3.8, 4) is 0 Å². The topological polar surface area (TPSA) is 73.8 Å². The minimum atomic E-state index is -2.67. The highest BCUT2D eigenvalue weighted by Crippen LogP contribution is 2.46. The number of ether oxygens (including phenoxy) is 7. The van der Waals surface area contributed by atoms with Crippen LogP contribution in [0.1, 0.15) is 97.3 Å². The van der Waals surface area contributed by atoms with Crippen LogP contribution in [0.5, 0.6) is 0 Å². The monoisotopic (exact) mass is 981 g/mol. The lowest BCUT2D eigenvalue weighted by Gasteiger charge is -2.48. The van der Waals surface area contributed by atoms with Gasteiger partial charge in [-0.05, 0) is 75.5 Å². The van der Waals surface area contributed by atoms with E-state index >= 15 is 0 Å². The van der Waals surface area contributed by atoms with Crippen molar-refractivity contribution in [1.82, 2.24) is 0 Å². The maximum absolute atomic E-state index is 7.47. The first-order valence-corrected chi connectivity index (χ1v) is 28.7. The normalized spacial score (nSPS) is 31.3. The van der Waals surface area contributed by atoms with E-state index < -0.39 is 8.32 Å². The quantitative estimate of drug-likeness (QED) is 0.0674. The molecule has 0 bridgehead atoms. The predicted molar refractivity (Wildman–Crippen MR) is 284 cm³/mol. The molecule has 8 nitrogen and oxygen atoms in total. The number of benzene rings is 5. The summed E-state index contributed by atoms with van der Waals surface area (Å²) in [5.74, 6) is 0.777. The van der Waals surface area contributed by atoms with Gasteiger partial charge < -0.3 is 37.6 Å². The van der Waals surface area contributed by atoms with Crippen LogP contribution in [0, 0.1) is 23.7 Å². The largest absolute Gasteiger partial charge is 0.407 e. The molecule has 71 heavy (non-hydrogen) atoms. The maximum Gasteiger partial charge on any atom is 0.261 e. The Balaban J connectivity index is 0.944. The van der Waals surface area contributed by atoms with Crippen LogP contribution in [0.4, 0.5) is 0 Å². The second-order valence-corrected chi connectivity index (χ2v) is 26.6. The fourth-order valence-electron chi connectivity index (χ4n) is 12.3. The van der Waals surface area contributed by atoms with Gasteiger partial charge in [-0.1, -0.05) is 200 Å². The van der Waals surface area contributed by atoms with Gasteiger partial charge in [0.15, 0.2) is 0 Å². The molecule has 380 valence electrons. The lowest BCUT2D eigenvalue weighted by molar-refractivity contribution is -0.259. The van der Waals surface area contributed by atoms with Gasteiger partial charge in [0.2, 0.25) is 0 Å². The van der Waals surface area contributed by atoms with Crippen molar-refractivity contribution in [3.63, 3.8) is 0 Å². The first kappa shape index (κ1) is 51.9. The highest BCUT2D eigenvalue weighted by atomic mass is 28.4. The number of hydrogen-bond acceptors (Lipinski definition) is 8. The molecule has 4 saturated heterocycles. The molecule has 4 aliphatic heterocycles. The van der Waals surface area contributed by atoms with E-state index in [0.717, 1.165) is 42.4 Å². The molecular weight excluding hydrogens is 901 g/mol. The Hall–Kier alpha value is -4.00. The molecule has 0 aliphatic carbocycles. The third-order valence-electron chi connectivity index (χ3n) is 16.2. The van der Waals surface area contributed by atoms with E-state index in [-0.39, 0.29) is 83.8 Å². The van der Waals surface area contributed by atoms with Crippen LogP contribution in [0.15, 0.2) is 152 Å². The molecule has 4 heterocycles. The zero-order valence-corrected chi connectivity index (χ0v) is 44.4. The zero-order chi connectivity index (χ0) is 49.4. The van der Waals surface area contributed by atoms with Gasteiger partial charge in [-0.2, -0.15) is 0 Å². The predicted octanol–water partition coefficient (Wildman–Crippen LogP) is 11.5. The van der Waals surface area contributed by atoms with Crippen molar-refractivity contribution in [3.05, 3.63) is 168 Å². The Morgan fingerprint density at radius 2 is 1.01 bits per heavy atom. The summed E-state index contributed by atoms with van der Waals surface area (Å²) >= 11 is 0. The Labute approximate surface area is 426 Å². The van der Waals surface area contributed by atoms with Crippen LogP contribution in [0.25, 0.3) is 0 Å². The number of rotatable bonds is 17. The second-order valence-electron chi connectivity index (χ2n) is 22.3. The van der Waals surface area contributed by atoms with E-state index in [4.69, 9.17) is 37.6 Å². The van der Waals surface area contributed by atoms with Crippen molar-refractivity contribution in [2.24, 2.45) is 23.7 Å². The third-order valence-corrected chi connectivity index (χ3v) is 21.3. The molecule has 0 N–H and O–H groups in total. The molecule has 4 fully saturated rings. The number of hydrogen-bond donors (Lipinski definition) is 0. The Morgan fingerprint density at radius 3 is 1.59 bits per heavy atom. The van der Waals surface area contributed by atoms with Crippen LogP contribution >= 0.6 is 0 Å². The Kier molecular flexibility index (Phi) is 17.5. The van der Waals surface area contributed by atoms with Crippen molar-refractivity contribution in [2.45, 2.75) is 166 Å². The summed E-state index contributed by atoms with van der Waals surface area (Å²) in [7, 11) is -2.67. The van der Waals surface area contributed by atoms with E-state index in [1.54, 1.807) is 0 Å². The van der Waals surface area contributed by atoms with Gasteiger partial charge in [0.25, 0.3) is 8.32 Å². The maximum atomic E-state index is 7.47.